The van der Waals surface area contributed by atoms with Gasteiger partial charge in [0, 0.05) is 34.5 Å². The van der Waals surface area contributed by atoms with Gasteiger partial charge in [0.25, 0.3) is 0 Å². The minimum atomic E-state index is -0.0770. The van der Waals surface area contributed by atoms with Crippen LogP contribution in [-0.2, 0) is 6.54 Å². The van der Waals surface area contributed by atoms with E-state index in [0.717, 1.165) is 39.0 Å². The first-order valence-electron chi connectivity index (χ1n) is 11.3. The molecule has 0 saturated carbocycles. The molecule has 0 radical (unpaired) electrons. The number of aryl methyl sites for hydroxylation is 1. The van der Waals surface area contributed by atoms with Crippen LogP contribution in [0.1, 0.15) is 46.0 Å². The normalized spacial score (nSPS) is 17.8. The third-order valence-electron chi connectivity index (χ3n) is 6.53. The average Bonchev–Trinajstić information content (AvgIpc) is 3.32. The number of benzene rings is 1. The maximum atomic E-state index is 6.47. The number of nitrogens with zero attached hydrogens (tertiary/aromatic N) is 4. The lowest BCUT2D eigenvalue weighted by Crippen LogP contribution is -2.29. The third kappa shape index (κ3) is 3.97. The summed E-state index contributed by atoms with van der Waals surface area (Å²) in [7, 11) is 0. The monoisotopic (exact) mass is 487 g/mol. The van der Waals surface area contributed by atoms with Crippen molar-refractivity contribution in [3.8, 4) is 5.69 Å². The molecule has 1 fully saturated rings. The SMILES string of the molecule is Cc1c(Cl)cccc1-n1c(C)cc(C2C(c3ccccn3)NC(=S)N2Cc2ccccn2)c1C. The topological polar surface area (TPSA) is 46.0 Å². The van der Waals surface area contributed by atoms with Crippen LogP contribution in [0, 0.1) is 20.8 Å². The number of aromatic nitrogens is 3. The number of nitrogens with one attached hydrogen (secondary N) is 1. The Morgan fingerprint density at radius 2 is 1.74 bits per heavy atom. The Kier molecular flexibility index (Phi) is 6.11. The van der Waals surface area contributed by atoms with Crippen LogP contribution < -0.4 is 5.32 Å². The van der Waals surface area contributed by atoms with E-state index in [1.54, 1.807) is 0 Å². The van der Waals surface area contributed by atoms with Gasteiger partial charge in [-0.05, 0) is 86.6 Å². The molecular weight excluding hydrogens is 462 g/mol. The van der Waals surface area contributed by atoms with E-state index in [1.807, 2.05) is 54.9 Å². The molecule has 5 rings (SSSR count). The molecule has 2 atom stereocenters. The molecule has 0 aliphatic carbocycles. The third-order valence-corrected chi connectivity index (χ3v) is 7.29. The molecule has 1 saturated heterocycles. The Bertz CT molecular complexity index is 1340. The molecular formula is C27H26ClN5S. The molecule has 0 spiro atoms. The van der Waals surface area contributed by atoms with Crippen LogP contribution in [-0.4, -0.2) is 24.5 Å². The summed E-state index contributed by atoms with van der Waals surface area (Å²) in [5.41, 5.74) is 7.59. The molecule has 2 unspecified atom stereocenters. The van der Waals surface area contributed by atoms with Gasteiger partial charge in [-0.15, -0.1) is 0 Å². The lowest BCUT2D eigenvalue weighted by atomic mass is 9.96. The standard InChI is InChI=1S/C27H26ClN5S/c1-17-15-21(19(3)33(17)24-12-8-10-22(28)18(24)2)26-25(23-11-5-7-14-30-23)31-27(34)32(26)16-20-9-4-6-13-29-20/h4-15,25-26H,16H2,1-3H3,(H,31,34). The van der Waals surface area contributed by atoms with E-state index >= 15 is 0 Å². The lowest BCUT2D eigenvalue weighted by molar-refractivity contribution is 0.307. The van der Waals surface area contributed by atoms with Gasteiger partial charge in [0.2, 0.25) is 0 Å². The summed E-state index contributed by atoms with van der Waals surface area (Å²) in [6.45, 7) is 6.97. The number of hydrogen-bond acceptors (Lipinski definition) is 3. The summed E-state index contributed by atoms with van der Waals surface area (Å²) in [6.07, 6.45) is 3.65. The van der Waals surface area contributed by atoms with E-state index in [0.29, 0.717) is 11.7 Å². The Morgan fingerprint density at radius 1 is 0.971 bits per heavy atom. The zero-order valence-electron chi connectivity index (χ0n) is 19.4. The van der Waals surface area contributed by atoms with Crippen molar-refractivity contribution in [2.24, 2.45) is 0 Å². The number of pyridine rings is 2. The largest absolute Gasteiger partial charge is 0.352 e. The second-order valence-corrected chi connectivity index (χ2v) is 9.42. The minimum absolute atomic E-state index is 0.0381. The molecule has 1 aromatic carbocycles. The van der Waals surface area contributed by atoms with Gasteiger partial charge in [0.05, 0.1) is 30.0 Å². The van der Waals surface area contributed by atoms with E-state index in [2.05, 4.69) is 63.7 Å². The van der Waals surface area contributed by atoms with Gasteiger partial charge in [-0.25, -0.2) is 0 Å². The smallest absolute Gasteiger partial charge is 0.170 e. The van der Waals surface area contributed by atoms with Gasteiger partial charge >= 0.3 is 0 Å². The highest BCUT2D eigenvalue weighted by atomic mass is 35.5. The fraction of sp³-hybridized carbons (Fsp3) is 0.222. The lowest BCUT2D eigenvalue weighted by Gasteiger charge is -2.28. The first-order valence-corrected chi connectivity index (χ1v) is 12.1. The first kappa shape index (κ1) is 22.6. The number of hydrogen-bond donors (Lipinski definition) is 1. The van der Waals surface area contributed by atoms with E-state index in [1.165, 1.54) is 5.56 Å². The summed E-state index contributed by atoms with van der Waals surface area (Å²) < 4.78 is 2.28. The highest BCUT2D eigenvalue weighted by molar-refractivity contribution is 7.80. The molecule has 1 aliphatic rings. The van der Waals surface area contributed by atoms with Crippen LogP contribution in [0.2, 0.25) is 5.02 Å². The Balaban J connectivity index is 1.64. The van der Waals surface area contributed by atoms with Crippen molar-refractivity contribution in [1.82, 2.24) is 24.8 Å². The molecule has 7 heteroatoms. The molecule has 5 nitrogen and oxygen atoms in total. The summed E-state index contributed by atoms with van der Waals surface area (Å²) in [4.78, 5) is 11.4. The minimum Gasteiger partial charge on any atom is -0.352 e. The first-order chi connectivity index (χ1) is 16.5. The Labute approximate surface area is 210 Å². The number of thiocarbonyl (C=S) groups is 1. The van der Waals surface area contributed by atoms with E-state index in [-0.39, 0.29) is 12.1 Å². The van der Waals surface area contributed by atoms with Gasteiger partial charge in [-0.3, -0.25) is 9.97 Å². The second-order valence-electron chi connectivity index (χ2n) is 8.62. The highest BCUT2D eigenvalue weighted by Crippen LogP contribution is 2.42. The average molecular weight is 488 g/mol. The molecule has 4 heterocycles. The maximum absolute atomic E-state index is 6.47. The predicted octanol–water partition coefficient (Wildman–Crippen LogP) is 6.02. The summed E-state index contributed by atoms with van der Waals surface area (Å²) in [5.74, 6) is 0. The van der Waals surface area contributed by atoms with Crippen molar-refractivity contribution in [1.29, 1.82) is 0 Å². The van der Waals surface area contributed by atoms with Crippen molar-refractivity contribution >= 4 is 28.9 Å². The number of rotatable bonds is 5. The van der Waals surface area contributed by atoms with Gasteiger partial charge in [-0.1, -0.05) is 29.8 Å². The van der Waals surface area contributed by atoms with Crippen LogP contribution in [0.5, 0.6) is 0 Å². The molecule has 4 aromatic rings. The van der Waals surface area contributed by atoms with Gasteiger partial charge in [0.1, 0.15) is 0 Å². The number of halogens is 1. The van der Waals surface area contributed by atoms with Crippen molar-refractivity contribution in [2.45, 2.75) is 39.4 Å². The van der Waals surface area contributed by atoms with E-state index < -0.39 is 0 Å². The second kappa shape index (κ2) is 9.20. The van der Waals surface area contributed by atoms with E-state index in [9.17, 15) is 0 Å². The van der Waals surface area contributed by atoms with Crippen LogP contribution in [0.4, 0.5) is 0 Å². The maximum Gasteiger partial charge on any atom is 0.170 e. The van der Waals surface area contributed by atoms with Gasteiger partial charge in [0.15, 0.2) is 5.11 Å². The quantitative estimate of drug-likeness (QED) is 0.349. The van der Waals surface area contributed by atoms with Gasteiger partial charge < -0.3 is 14.8 Å². The summed E-state index contributed by atoms with van der Waals surface area (Å²) >= 11 is 12.3. The molecule has 3 aromatic heterocycles. The van der Waals surface area contributed by atoms with Crippen LogP contribution in [0.25, 0.3) is 5.69 Å². The molecule has 0 bridgehead atoms. The molecule has 1 N–H and O–H groups in total. The zero-order chi connectivity index (χ0) is 23.8. The van der Waals surface area contributed by atoms with E-state index in [4.69, 9.17) is 23.8 Å². The molecule has 172 valence electrons. The fourth-order valence-electron chi connectivity index (χ4n) is 4.88. The summed E-state index contributed by atoms with van der Waals surface area (Å²) in [5, 5.41) is 5.01. The van der Waals surface area contributed by atoms with Crippen molar-refractivity contribution < 1.29 is 0 Å². The zero-order valence-corrected chi connectivity index (χ0v) is 20.9. The Morgan fingerprint density at radius 3 is 2.44 bits per heavy atom. The highest BCUT2D eigenvalue weighted by Gasteiger charge is 2.41. The van der Waals surface area contributed by atoms with Crippen LogP contribution in [0.3, 0.4) is 0 Å². The fourth-order valence-corrected chi connectivity index (χ4v) is 5.35. The van der Waals surface area contributed by atoms with Crippen molar-refractivity contribution in [2.75, 3.05) is 0 Å². The van der Waals surface area contributed by atoms with Crippen molar-refractivity contribution in [3.63, 3.8) is 0 Å². The predicted molar refractivity (Wildman–Crippen MR) is 140 cm³/mol. The van der Waals surface area contributed by atoms with Crippen LogP contribution >= 0.6 is 23.8 Å². The Hall–Kier alpha value is -3.22. The molecule has 0 amide bonds. The van der Waals surface area contributed by atoms with Gasteiger partial charge in [-0.2, -0.15) is 0 Å². The van der Waals surface area contributed by atoms with Crippen molar-refractivity contribution in [3.05, 3.63) is 112 Å². The molecule has 34 heavy (non-hydrogen) atoms. The summed E-state index contributed by atoms with van der Waals surface area (Å²) in [6, 6.07) is 20.2. The van der Waals surface area contributed by atoms with Crippen LogP contribution in [0.15, 0.2) is 73.1 Å². The molecule has 1 aliphatic heterocycles.